The molecule has 0 unspecified atom stereocenters. The predicted octanol–water partition coefficient (Wildman–Crippen LogP) is 1.51. The highest BCUT2D eigenvalue weighted by Crippen LogP contribution is 2.18. The van der Waals surface area contributed by atoms with E-state index in [9.17, 15) is 9.18 Å². The Morgan fingerprint density at radius 1 is 1.50 bits per heavy atom. The first kappa shape index (κ1) is 12.0. The summed E-state index contributed by atoms with van der Waals surface area (Å²) in [5.74, 6) is -0.285. The van der Waals surface area contributed by atoms with Crippen molar-refractivity contribution in [1.29, 1.82) is 0 Å². The number of amides is 1. The topological polar surface area (TPSA) is 79.9 Å². The monoisotopic (exact) mass is 250 g/mol. The molecule has 1 aromatic heterocycles. The second kappa shape index (κ2) is 4.82. The number of H-pyrrole nitrogens is 1. The summed E-state index contributed by atoms with van der Waals surface area (Å²) in [7, 11) is 1.36. The van der Waals surface area contributed by atoms with Crippen molar-refractivity contribution in [2.24, 2.45) is 0 Å². The number of benzene rings is 1. The second-order valence-electron chi connectivity index (χ2n) is 3.55. The molecule has 7 heteroatoms. The van der Waals surface area contributed by atoms with Gasteiger partial charge in [0.1, 0.15) is 5.82 Å². The number of aromatic amines is 1. The molecule has 0 aliphatic rings. The number of ether oxygens (including phenoxy) is 1. The molecule has 1 amide bonds. The van der Waals surface area contributed by atoms with Crippen LogP contribution in [0.15, 0.2) is 18.2 Å². The molecule has 0 spiro atoms. The fourth-order valence-corrected chi connectivity index (χ4v) is 1.38. The predicted molar refractivity (Wildman–Crippen MR) is 62.0 cm³/mol. The molecule has 0 aliphatic carbocycles. The van der Waals surface area contributed by atoms with Crippen LogP contribution in [0.25, 0.3) is 0 Å². The number of anilines is 1. The zero-order chi connectivity index (χ0) is 13.1. The third-order valence-electron chi connectivity index (χ3n) is 2.24. The number of rotatable bonds is 3. The van der Waals surface area contributed by atoms with E-state index in [1.807, 2.05) is 0 Å². The van der Waals surface area contributed by atoms with Crippen LogP contribution in [0, 0.1) is 12.7 Å². The van der Waals surface area contributed by atoms with Gasteiger partial charge in [0.2, 0.25) is 5.95 Å². The Bertz CT molecular complexity index is 582. The molecule has 6 nitrogen and oxygen atoms in total. The maximum atomic E-state index is 13.4. The Kier molecular flexibility index (Phi) is 3.22. The van der Waals surface area contributed by atoms with Gasteiger partial charge in [0.05, 0.1) is 7.11 Å². The third-order valence-corrected chi connectivity index (χ3v) is 2.24. The molecular weight excluding hydrogens is 239 g/mol. The van der Waals surface area contributed by atoms with Crippen LogP contribution in [0.3, 0.4) is 0 Å². The molecule has 0 atom stereocenters. The van der Waals surface area contributed by atoms with Gasteiger partial charge in [-0.25, -0.2) is 4.39 Å². The summed E-state index contributed by atoms with van der Waals surface area (Å²) in [6.07, 6.45) is 0. The lowest BCUT2D eigenvalue weighted by molar-refractivity contribution is 0.102. The number of nitrogens with one attached hydrogen (secondary N) is 2. The summed E-state index contributed by atoms with van der Waals surface area (Å²) in [4.78, 5) is 15.7. The van der Waals surface area contributed by atoms with E-state index in [1.54, 1.807) is 6.92 Å². The SMILES string of the molecule is COc1ccc(C(=O)Nc2n[nH]c(C)n2)cc1F. The smallest absolute Gasteiger partial charge is 0.258 e. The highest BCUT2D eigenvalue weighted by molar-refractivity contribution is 6.03. The fraction of sp³-hybridized carbons (Fsp3) is 0.182. The van der Waals surface area contributed by atoms with Gasteiger partial charge in [-0.05, 0) is 25.1 Å². The van der Waals surface area contributed by atoms with Crippen molar-refractivity contribution in [1.82, 2.24) is 15.2 Å². The third kappa shape index (κ3) is 2.45. The summed E-state index contributed by atoms with van der Waals surface area (Å²) in [6, 6.07) is 3.93. The second-order valence-corrected chi connectivity index (χ2v) is 3.55. The molecule has 94 valence electrons. The van der Waals surface area contributed by atoms with Gasteiger partial charge in [-0.1, -0.05) is 0 Å². The van der Waals surface area contributed by atoms with Crippen molar-refractivity contribution in [3.05, 3.63) is 35.4 Å². The van der Waals surface area contributed by atoms with E-state index in [0.29, 0.717) is 5.82 Å². The Hall–Kier alpha value is -2.44. The quantitative estimate of drug-likeness (QED) is 0.865. The van der Waals surface area contributed by atoms with Gasteiger partial charge in [-0.15, -0.1) is 5.10 Å². The van der Waals surface area contributed by atoms with Crippen LogP contribution >= 0.6 is 0 Å². The number of carbonyl (C=O) groups is 1. The summed E-state index contributed by atoms with van der Waals surface area (Å²) in [6.45, 7) is 1.70. The van der Waals surface area contributed by atoms with Crippen LogP contribution in [0.2, 0.25) is 0 Å². The van der Waals surface area contributed by atoms with Crippen LogP contribution in [-0.2, 0) is 0 Å². The average Bonchev–Trinajstić information content (AvgIpc) is 2.74. The van der Waals surface area contributed by atoms with Crippen molar-refractivity contribution < 1.29 is 13.9 Å². The summed E-state index contributed by atoms with van der Waals surface area (Å²) in [5, 5.41) is 8.78. The lowest BCUT2D eigenvalue weighted by Gasteiger charge is -2.04. The minimum absolute atomic E-state index is 0.0836. The zero-order valence-electron chi connectivity index (χ0n) is 9.82. The first-order valence-electron chi connectivity index (χ1n) is 5.14. The Labute approximate surface area is 102 Å². The molecule has 0 bridgehead atoms. The average molecular weight is 250 g/mol. The number of hydrogen-bond donors (Lipinski definition) is 2. The van der Waals surface area contributed by atoms with E-state index in [1.165, 1.54) is 19.2 Å². The van der Waals surface area contributed by atoms with Gasteiger partial charge >= 0.3 is 0 Å². The van der Waals surface area contributed by atoms with Crippen molar-refractivity contribution in [2.75, 3.05) is 12.4 Å². The molecule has 2 rings (SSSR count). The molecule has 0 aliphatic heterocycles. The molecule has 0 fully saturated rings. The molecule has 0 saturated carbocycles. The molecule has 18 heavy (non-hydrogen) atoms. The Morgan fingerprint density at radius 3 is 2.83 bits per heavy atom. The number of methoxy groups -OCH3 is 1. The van der Waals surface area contributed by atoms with Crippen molar-refractivity contribution >= 4 is 11.9 Å². The molecule has 0 radical (unpaired) electrons. The highest BCUT2D eigenvalue weighted by Gasteiger charge is 2.12. The van der Waals surface area contributed by atoms with E-state index < -0.39 is 11.7 Å². The summed E-state index contributed by atoms with van der Waals surface area (Å²) >= 11 is 0. The van der Waals surface area contributed by atoms with Crippen molar-refractivity contribution in [2.45, 2.75) is 6.92 Å². The lowest BCUT2D eigenvalue weighted by Crippen LogP contribution is -2.13. The lowest BCUT2D eigenvalue weighted by atomic mass is 10.2. The van der Waals surface area contributed by atoms with E-state index >= 15 is 0 Å². The van der Waals surface area contributed by atoms with Gasteiger partial charge in [-0.3, -0.25) is 15.2 Å². The zero-order valence-corrected chi connectivity index (χ0v) is 9.82. The minimum Gasteiger partial charge on any atom is -0.494 e. The van der Waals surface area contributed by atoms with Crippen LogP contribution in [0.5, 0.6) is 5.75 Å². The Balaban J connectivity index is 2.16. The normalized spacial score (nSPS) is 10.2. The van der Waals surface area contributed by atoms with Crippen molar-refractivity contribution in [3.8, 4) is 5.75 Å². The van der Waals surface area contributed by atoms with Gasteiger partial charge < -0.3 is 4.74 Å². The van der Waals surface area contributed by atoms with E-state index in [4.69, 9.17) is 4.74 Å². The minimum atomic E-state index is -0.601. The number of aryl methyl sites for hydroxylation is 1. The maximum Gasteiger partial charge on any atom is 0.258 e. The standard InChI is InChI=1S/C11H11FN4O2/c1-6-13-11(16-15-6)14-10(17)7-3-4-9(18-2)8(12)5-7/h3-5H,1-2H3,(H2,13,14,15,16,17). The molecular formula is C11H11FN4O2. The van der Waals surface area contributed by atoms with Gasteiger partial charge in [0.25, 0.3) is 5.91 Å². The first-order valence-corrected chi connectivity index (χ1v) is 5.14. The summed E-state index contributed by atoms with van der Waals surface area (Å²) < 4.78 is 18.2. The van der Waals surface area contributed by atoms with E-state index in [0.717, 1.165) is 6.07 Å². The number of hydrogen-bond acceptors (Lipinski definition) is 4. The van der Waals surface area contributed by atoms with E-state index in [-0.39, 0.29) is 17.3 Å². The molecule has 1 heterocycles. The number of carbonyl (C=O) groups excluding carboxylic acids is 1. The molecule has 0 saturated heterocycles. The van der Waals surface area contributed by atoms with Gasteiger partial charge in [0.15, 0.2) is 11.6 Å². The van der Waals surface area contributed by atoms with Crippen LogP contribution in [0.1, 0.15) is 16.2 Å². The van der Waals surface area contributed by atoms with Crippen LogP contribution in [0.4, 0.5) is 10.3 Å². The van der Waals surface area contributed by atoms with Crippen LogP contribution < -0.4 is 10.1 Å². The first-order chi connectivity index (χ1) is 8.60. The largest absolute Gasteiger partial charge is 0.494 e. The number of halogens is 1. The molecule has 2 aromatic rings. The van der Waals surface area contributed by atoms with Gasteiger partial charge in [0, 0.05) is 5.56 Å². The Morgan fingerprint density at radius 2 is 2.28 bits per heavy atom. The maximum absolute atomic E-state index is 13.4. The van der Waals surface area contributed by atoms with E-state index in [2.05, 4.69) is 20.5 Å². The number of aromatic nitrogens is 3. The molecule has 2 N–H and O–H groups in total. The molecule has 1 aromatic carbocycles. The van der Waals surface area contributed by atoms with Gasteiger partial charge in [-0.2, -0.15) is 4.98 Å². The fourth-order valence-electron chi connectivity index (χ4n) is 1.38. The number of nitrogens with zero attached hydrogens (tertiary/aromatic N) is 2. The van der Waals surface area contributed by atoms with Crippen molar-refractivity contribution in [3.63, 3.8) is 0 Å². The summed E-state index contributed by atoms with van der Waals surface area (Å²) in [5.41, 5.74) is 0.163. The highest BCUT2D eigenvalue weighted by atomic mass is 19.1. The van der Waals surface area contributed by atoms with Crippen LogP contribution in [-0.4, -0.2) is 28.2 Å².